The number of hydrogen-bond acceptors (Lipinski definition) is 6. The second kappa shape index (κ2) is 8.47. The van der Waals surface area contributed by atoms with Crippen molar-refractivity contribution in [3.63, 3.8) is 0 Å². The third kappa shape index (κ3) is 3.79. The third-order valence-corrected chi connectivity index (χ3v) is 10.8. The van der Waals surface area contributed by atoms with Gasteiger partial charge in [-0.2, -0.15) is 23.1 Å². The predicted molar refractivity (Wildman–Crippen MR) is 131 cm³/mol. The van der Waals surface area contributed by atoms with E-state index in [-0.39, 0.29) is 35.0 Å². The van der Waals surface area contributed by atoms with Gasteiger partial charge in [0.2, 0.25) is 5.91 Å². The highest BCUT2D eigenvalue weighted by molar-refractivity contribution is 7.99. The second-order valence-electron chi connectivity index (χ2n) is 9.90. The summed E-state index contributed by atoms with van der Waals surface area (Å²) >= 11 is 5.47. The molecular formula is C24H32N2O2S3. The van der Waals surface area contributed by atoms with Crippen molar-refractivity contribution < 1.29 is 9.90 Å². The topological polar surface area (TPSA) is 53.4 Å². The van der Waals surface area contributed by atoms with Crippen LogP contribution in [-0.4, -0.2) is 51.6 Å². The van der Waals surface area contributed by atoms with Crippen molar-refractivity contribution in [3.05, 3.63) is 27.4 Å². The Kier molecular flexibility index (Phi) is 5.99. The van der Waals surface area contributed by atoms with Crippen molar-refractivity contribution >= 4 is 40.3 Å². The number of thioether (sulfide) groups is 1. The van der Waals surface area contributed by atoms with Crippen molar-refractivity contribution in [2.45, 2.75) is 52.1 Å². The highest BCUT2D eigenvalue weighted by atomic mass is 32.2. The van der Waals surface area contributed by atoms with E-state index in [0.717, 1.165) is 48.9 Å². The number of aromatic nitrogens is 1. The molecule has 3 aliphatic rings. The number of thiophene rings is 1. The maximum atomic E-state index is 13.2. The lowest BCUT2D eigenvalue weighted by atomic mass is 9.53. The lowest BCUT2D eigenvalue weighted by Gasteiger charge is -2.53. The summed E-state index contributed by atoms with van der Waals surface area (Å²) in [7, 11) is 0. The van der Waals surface area contributed by atoms with E-state index < -0.39 is 6.10 Å². The number of aliphatic hydroxyl groups excluding tert-OH is 1. The summed E-state index contributed by atoms with van der Waals surface area (Å²) in [6.45, 7) is 8.35. The summed E-state index contributed by atoms with van der Waals surface area (Å²) in [5, 5.41) is 17.0. The number of rotatable bonds is 3. The van der Waals surface area contributed by atoms with Crippen LogP contribution in [0.25, 0.3) is 10.6 Å². The van der Waals surface area contributed by atoms with E-state index >= 15 is 0 Å². The lowest BCUT2D eigenvalue weighted by Crippen LogP contribution is -2.54. The number of amides is 1. The molecule has 6 atom stereocenters. The fourth-order valence-corrected chi connectivity index (χ4v) is 9.29. The minimum absolute atomic E-state index is 0.0409. The van der Waals surface area contributed by atoms with Crippen LogP contribution in [0, 0.1) is 23.2 Å². The van der Waals surface area contributed by atoms with E-state index in [1.165, 1.54) is 16.1 Å². The van der Waals surface area contributed by atoms with E-state index in [0.29, 0.717) is 0 Å². The van der Waals surface area contributed by atoms with Crippen molar-refractivity contribution in [1.82, 2.24) is 9.88 Å². The normalized spacial score (nSPS) is 34.1. The van der Waals surface area contributed by atoms with E-state index in [9.17, 15) is 9.90 Å². The van der Waals surface area contributed by atoms with Gasteiger partial charge in [0.15, 0.2) is 0 Å². The first-order valence-corrected chi connectivity index (χ1v) is 14.4. The van der Waals surface area contributed by atoms with Gasteiger partial charge in [-0.15, -0.1) is 11.3 Å². The zero-order valence-electron chi connectivity index (χ0n) is 18.5. The van der Waals surface area contributed by atoms with Crippen LogP contribution in [0.15, 0.2) is 16.8 Å². The lowest BCUT2D eigenvalue weighted by molar-refractivity contribution is -0.144. The summed E-state index contributed by atoms with van der Waals surface area (Å²) in [4.78, 5) is 21.7. The summed E-state index contributed by atoms with van der Waals surface area (Å²) in [6.07, 6.45) is 2.55. The summed E-state index contributed by atoms with van der Waals surface area (Å²) in [6, 6.07) is 2.14. The molecule has 0 spiro atoms. The molecule has 1 amide bonds. The SMILES string of the molecule is C[C@H](C(=O)N1CCSCC1)[C@H]1CC[C@]2(C)Cc3sc(-c4ccsc4)nc3[C@H](C)[C@@H]2[C@H]1O. The molecule has 4 nitrogen and oxygen atoms in total. The van der Waals surface area contributed by atoms with Gasteiger partial charge < -0.3 is 10.0 Å². The molecule has 168 valence electrons. The van der Waals surface area contributed by atoms with Gasteiger partial charge >= 0.3 is 0 Å². The number of hydrogen-bond donors (Lipinski definition) is 1. The summed E-state index contributed by atoms with van der Waals surface area (Å²) in [5.41, 5.74) is 2.47. The van der Waals surface area contributed by atoms with Crippen LogP contribution >= 0.6 is 34.4 Å². The Morgan fingerprint density at radius 3 is 2.84 bits per heavy atom. The first-order valence-electron chi connectivity index (χ1n) is 11.5. The highest BCUT2D eigenvalue weighted by Gasteiger charge is 2.54. The second-order valence-corrected chi connectivity index (χ2v) is 13.0. The Morgan fingerprint density at radius 1 is 1.35 bits per heavy atom. The molecule has 1 aliphatic heterocycles. The molecule has 2 fully saturated rings. The average Bonchev–Trinajstić information content (AvgIpc) is 3.43. The van der Waals surface area contributed by atoms with Gasteiger partial charge in [-0.1, -0.05) is 20.8 Å². The third-order valence-electron chi connectivity index (χ3n) is 8.04. The molecular weight excluding hydrogens is 444 g/mol. The first-order chi connectivity index (χ1) is 14.9. The van der Waals surface area contributed by atoms with Crippen LogP contribution in [0.2, 0.25) is 0 Å². The Bertz CT molecular complexity index is 937. The predicted octanol–water partition coefficient (Wildman–Crippen LogP) is 5.14. The smallest absolute Gasteiger partial charge is 0.225 e. The molecule has 2 aliphatic carbocycles. The molecule has 2 aromatic rings. The monoisotopic (exact) mass is 476 g/mol. The largest absolute Gasteiger partial charge is 0.392 e. The zero-order valence-corrected chi connectivity index (χ0v) is 21.0. The van der Waals surface area contributed by atoms with Crippen LogP contribution in [0.4, 0.5) is 0 Å². The Hall–Kier alpha value is -0.890. The van der Waals surface area contributed by atoms with Crippen molar-refractivity contribution in [2.75, 3.05) is 24.6 Å². The minimum atomic E-state index is -0.452. The van der Waals surface area contributed by atoms with Gasteiger partial charge in [-0.3, -0.25) is 4.79 Å². The van der Waals surface area contributed by atoms with Crippen molar-refractivity contribution in [2.24, 2.45) is 23.2 Å². The van der Waals surface area contributed by atoms with Crippen LogP contribution in [0.5, 0.6) is 0 Å². The number of nitrogens with zero attached hydrogens (tertiary/aromatic N) is 2. The van der Waals surface area contributed by atoms with E-state index in [4.69, 9.17) is 4.98 Å². The quantitative estimate of drug-likeness (QED) is 0.667. The maximum absolute atomic E-state index is 13.2. The molecule has 0 aromatic carbocycles. The van der Waals surface area contributed by atoms with Crippen molar-refractivity contribution in [1.29, 1.82) is 0 Å². The molecule has 0 bridgehead atoms. The zero-order chi connectivity index (χ0) is 21.8. The molecule has 0 unspecified atom stereocenters. The van der Waals surface area contributed by atoms with Crippen molar-refractivity contribution in [3.8, 4) is 10.6 Å². The molecule has 2 aromatic heterocycles. The molecule has 3 heterocycles. The number of thiazole rings is 1. The molecule has 5 rings (SSSR count). The standard InChI is InChI=1S/C24H32N2O2S3/c1-14(23(28)26-7-10-29-11-8-26)17-4-6-24(3)12-18-20(15(2)19(24)21(17)27)25-22(31-18)16-5-9-30-13-16/h5,9,13-15,17,19,21,27H,4,6-8,10-12H2,1-3H3/t14-,15+,17+,19+,21-,24+/m0/s1. The molecule has 31 heavy (non-hydrogen) atoms. The number of carbonyl (C=O) groups excluding carboxylic acids is 1. The molecule has 1 saturated heterocycles. The summed E-state index contributed by atoms with van der Waals surface area (Å²) in [5.74, 6) is 2.59. The first kappa shape index (κ1) is 21.9. The van der Waals surface area contributed by atoms with Gasteiger partial charge in [0.05, 0.1) is 11.8 Å². The van der Waals surface area contributed by atoms with Crippen LogP contribution in [0.3, 0.4) is 0 Å². The van der Waals surface area contributed by atoms with Crippen LogP contribution in [0.1, 0.15) is 50.1 Å². The fraction of sp³-hybridized carbons (Fsp3) is 0.667. The number of carbonyl (C=O) groups is 1. The fourth-order valence-electron chi connectivity index (χ4n) is 6.31. The molecule has 1 N–H and O–H groups in total. The number of fused-ring (bicyclic) bond motifs is 2. The summed E-state index contributed by atoms with van der Waals surface area (Å²) < 4.78 is 0. The van der Waals surface area contributed by atoms with E-state index in [1.807, 2.05) is 28.0 Å². The molecule has 1 saturated carbocycles. The van der Waals surface area contributed by atoms with Gasteiger partial charge in [0.1, 0.15) is 5.01 Å². The maximum Gasteiger partial charge on any atom is 0.225 e. The number of aliphatic hydroxyl groups is 1. The van der Waals surface area contributed by atoms with E-state index in [2.05, 4.69) is 37.6 Å². The van der Waals surface area contributed by atoms with Gasteiger partial charge in [0, 0.05) is 52.3 Å². The Morgan fingerprint density at radius 2 is 2.13 bits per heavy atom. The molecule has 7 heteroatoms. The Labute approximate surface area is 197 Å². The van der Waals surface area contributed by atoms with Crippen LogP contribution in [-0.2, 0) is 11.2 Å². The van der Waals surface area contributed by atoms with E-state index in [1.54, 1.807) is 11.3 Å². The highest BCUT2D eigenvalue weighted by Crippen LogP contribution is 2.57. The van der Waals surface area contributed by atoms with Gasteiger partial charge in [0.25, 0.3) is 0 Å². The van der Waals surface area contributed by atoms with Crippen LogP contribution < -0.4 is 0 Å². The average molecular weight is 477 g/mol. The minimum Gasteiger partial charge on any atom is -0.392 e. The Balaban J connectivity index is 1.40. The van der Waals surface area contributed by atoms with Gasteiger partial charge in [-0.05, 0) is 48.0 Å². The van der Waals surface area contributed by atoms with Gasteiger partial charge in [-0.25, -0.2) is 4.98 Å². The molecule has 0 radical (unpaired) electrons.